The number of nitrogens with one attached hydrogen (secondary N) is 1. The molecule has 0 amide bonds. The number of nitrogens with two attached hydrogens (primary N) is 1. The molecule has 1 heterocycles. The Bertz CT molecular complexity index is 517. The Balaban J connectivity index is 2.26. The number of halogens is 2. The summed E-state index contributed by atoms with van der Waals surface area (Å²) in [6.07, 6.45) is 4.24. The van der Waals surface area contributed by atoms with Crippen molar-refractivity contribution in [1.29, 1.82) is 0 Å². The van der Waals surface area contributed by atoms with Crippen LogP contribution in [0.5, 0.6) is 0 Å². The van der Waals surface area contributed by atoms with Crippen molar-refractivity contribution < 1.29 is 0 Å². The fourth-order valence-electron chi connectivity index (χ4n) is 1.79. The van der Waals surface area contributed by atoms with Gasteiger partial charge in [0, 0.05) is 22.4 Å². The highest BCUT2D eigenvalue weighted by molar-refractivity contribution is 6.33. The third-order valence-corrected chi connectivity index (χ3v) is 3.28. The monoisotopic (exact) mass is 281 g/mol. The van der Waals surface area contributed by atoms with Crippen molar-refractivity contribution in [2.24, 2.45) is 5.84 Å². The molecule has 0 aliphatic carbocycles. The number of nitrogens with zero attached hydrogens (tertiary/aromatic N) is 1. The molecule has 5 heteroatoms. The molecule has 0 radical (unpaired) electrons. The second-order valence-corrected chi connectivity index (χ2v) is 4.79. The van der Waals surface area contributed by atoms with Crippen LogP contribution in [-0.4, -0.2) is 4.98 Å². The van der Waals surface area contributed by atoms with Gasteiger partial charge in [-0.1, -0.05) is 29.3 Å². The molecule has 1 aromatic heterocycles. The van der Waals surface area contributed by atoms with Gasteiger partial charge in [0.1, 0.15) is 0 Å². The Kier molecular flexibility index (Phi) is 4.55. The minimum absolute atomic E-state index is 0.0969. The van der Waals surface area contributed by atoms with E-state index in [1.54, 1.807) is 18.3 Å². The quantitative estimate of drug-likeness (QED) is 0.669. The number of benzene rings is 1. The molecule has 2 rings (SSSR count). The smallest absolute Gasteiger partial charge is 0.0516 e. The minimum atomic E-state index is -0.0969. The molecular formula is C13H13Cl2N3. The highest BCUT2D eigenvalue weighted by Crippen LogP contribution is 2.28. The molecule has 0 saturated heterocycles. The molecule has 2 aromatic rings. The normalized spacial score (nSPS) is 12.4. The summed E-state index contributed by atoms with van der Waals surface area (Å²) in [6, 6.07) is 9.14. The van der Waals surface area contributed by atoms with E-state index in [0.29, 0.717) is 16.5 Å². The summed E-state index contributed by atoms with van der Waals surface area (Å²) in [7, 11) is 0. The topological polar surface area (TPSA) is 50.9 Å². The summed E-state index contributed by atoms with van der Waals surface area (Å²) in [5, 5.41) is 1.28. The zero-order valence-corrected chi connectivity index (χ0v) is 11.1. The Hall–Kier alpha value is -1.13. The Morgan fingerprint density at radius 1 is 1.28 bits per heavy atom. The van der Waals surface area contributed by atoms with Crippen LogP contribution in [0, 0.1) is 0 Å². The van der Waals surface area contributed by atoms with Crippen LogP contribution in [-0.2, 0) is 6.42 Å². The predicted octanol–water partition coefficient (Wildman–Crippen LogP) is 3.14. The lowest BCUT2D eigenvalue weighted by Gasteiger charge is -2.18. The van der Waals surface area contributed by atoms with Crippen molar-refractivity contribution in [2.75, 3.05) is 0 Å². The Labute approximate surface area is 116 Å². The maximum Gasteiger partial charge on any atom is 0.0516 e. The SMILES string of the molecule is NNC(Cc1cccnc1)c1cc(Cl)ccc1Cl. The van der Waals surface area contributed by atoms with Gasteiger partial charge in [-0.2, -0.15) is 0 Å². The van der Waals surface area contributed by atoms with Crippen LogP contribution in [0.1, 0.15) is 17.2 Å². The number of hydrogen-bond donors (Lipinski definition) is 2. The lowest BCUT2D eigenvalue weighted by Crippen LogP contribution is -2.29. The van der Waals surface area contributed by atoms with Gasteiger partial charge >= 0.3 is 0 Å². The fourth-order valence-corrected chi connectivity index (χ4v) is 2.22. The first-order chi connectivity index (χ1) is 8.70. The lowest BCUT2D eigenvalue weighted by molar-refractivity contribution is 0.551. The van der Waals surface area contributed by atoms with Crippen LogP contribution in [0.4, 0.5) is 0 Å². The fraction of sp³-hybridized carbons (Fsp3) is 0.154. The lowest BCUT2D eigenvalue weighted by atomic mass is 10.0. The zero-order valence-electron chi connectivity index (χ0n) is 9.61. The van der Waals surface area contributed by atoms with Gasteiger partial charge in [-0.05, 0) is 41.8 Å². The minimum Gasteiger partial charge on any atom is -0.271 e. The molecule has 0 saturated carbocycles. The largest absolute Gasteiger partial charge is 0.271 e. The molecule has 0 spiro atoms. The standard InChI is InChI=1S/C13H13Cl2N3/c14-10-3-4-12(15)11(7-10)13(18-16)6-9-2-1-5-17-8-9/h1-5,7-8,13,18H,6,16H2. The molecule has 0 fully saturated rings. The molecule has 0 aliphatic rings. The highest BCUT2D eigenvalue weighted by Gasteiger charge is 2.14. The predicted molar refractivity (Wildman–Crippen MR) is 74.5 cm³/mol. The van der Waals surface area contributed by atoms with Gasteiger partial charge in [-0.15, -0.1) is 0 Å². The second kappa shape index (κ2) is 6.16. The molecule has 94 valence electrons. The second-order valence-electron chi connectivity index (χ2n) is 3.95. The van der Waals surface area contributed by atoms with Crippen molar-refractivity contribution in [1.82, 2.24) is 10.4 Å². The molecule has 1 unspecified atom stereocenters. The first-order valence-electron chi connectivity index (χ1n) is 5.50. The van der Waals surface area contributed by atoms with E-state index in [9.17, 15) is 0 Å². The van der Waals surface area contributed by atoms with Gasteiger partial charge in [0.15, 0.2) is 0 Å². The van der Waals surface area contributed by atoms with E-state index >= 15 is 0 Å². The molecular weight excluding hydrogens is 269 g/mol. The van der Waals surface area contributed by atoms with Crippen molar-refractivity contribution >= 4 is 23.2 Å². The number of hydrogen-bond acceptors (Lipinski definition) is 3. The van der Waals surface area contributed by atoms with Gasteiger partial charge in [0.25, 0.3) is 0 Å². The van der Waals surface area contributed by atoms with Gasteiger partial charge in [0.05, 0.1) is 6.04 Å². The van der Waals surface area contributed by atoms with Gasteiger partial charge in [-0.25, -0.2) is 0 Å². The van der Waals surface area contributed by atoms with E-state index < -0.39 is 0 Å². The van der Waals surface area contributed by atoms with Crippen LogP contribution in [0.15, 0.2) is 42.7 Å². The molecule has 18 heavy (non-hydrogen) atoms. The van der Waals surface area contributed by atoms with Crippen molar-refractivity contribution in [3.05, 3.63) is 63.9 Å². The van der Waals surface area contributed by atoms with E-state index in [1.807, 2.05) is 24.4 Å². The van der Waals surface area contributed by atoms with Crippen molar-refractivity contribution in [3.63, 3.8) is 0 Å². The van der Waals surface area contributed by atoms with Crippen LogP contribution in [0.3, 0.4) is 0 Å². The van der Waals surface area contributed by atoms with E-state index in [0.717, 1.165) is 11.1 Å². The first-order valence-corrected chi connectivity index (χ1v) is 6.26. The number of hydrazine groups is 1. The number of aromatic nitrogens is 1. The summed E-state index contributed by atoms with van der Waals surface area (Å²) in [5.74, 6) is 5.60. The van der Waals surface area contributed by atoms with E-state index in [4.69, 9.17) is 29.0 Å². The number of rotatable bonds is 4. The Morgan fingerprint density at radius 2 is 2.11 bits per heavy atom. The van der Waals surface area contributed by atoms with Gasteiger partial charge in [0.2, 0.25) is 0 Å². The van der Waals surface area contributed by atoms with Gasteiger partial charge < -0.3 is 0 Å². The Morgan fingerprint density at radius 3 is 2.78 bits per heavy atom. The highest BCUT2D eigenvalue weighted by atomic mass is 35.5. The van der Waals surface area contributed by atoms with Crippen LogP contribution in [0.25, 0.3) is 0 Å². The summed E-state index contributed by atoms with van der Waals surface area (Å²) >= 11 is 12.1. The molecule has 0 bridgehead atoms. The maximum atomic E-state index is 6.17. The zero-order chi connectivity index (χ0) is 13.0. The maximum absolute atomic E-state index is 6.17. The van der Waals surface area contributed by atoms with E-state index in [2.05, 4.69) is 10.4 Å². The molecule has 3 N–H and O–H groups in total. The summed E-state index contributed by atoms with van der Waals surface area (Å²) in [4.78, 5) is 4.08. The van der Waals surface area contributed by atoms with Crippen LogP contribution >= 0.6 is 23.2 Å². The molecule has 1 atom stereocenters. The van der Waals surface area contributed by atoms with Crippen molar-refractivity contribution in [3.8, 4) is 0 Å². The third-order valence-electron chi connectivity index (χ3n) is 2.70. The van der Waals surface area contributed by atoms with Gasteiger partial charge in [-0.3, -0.25) is 16.3 Å². The van der Waals surface area contributed by atoms with Crippen molar-refractivity contribution in [2.45, 2.75) is 12.5 Å². The third kappa shape index (κ3) is 3.21. The van der Waals surface area contributed by atoms with E-state index in [1.165, 1.54) is 0 Å². The van der Waals surface area contributed by atoms with Crippen LogP contribution in [0.2, 0.25) is 10.0 Å². The number of pyridine rings is 1. The summed E-state index contributed by atoms with van der Waals surface area (Å²) in [6.45, 7) is 0. The first kappa shape index (κ1) is 13.3. The molecule has 3 nitrogen and oxygen atoms in total. The summed E-state index contributed by atoms with van der Waals surface area (Å²) < 4.78 is 0. The molecule has 0 aliphatic heterocycles. The van der Waals surface area contributed by atoms with E-state index in [-0.39, 0.29) is 6.04 Å². The molecule has 1 aromatic carbocycles. The summed E-state index contributed by atoms with van der Waals surface area (Å²) in [5.41, 5.74) is 4.73. The van der Waals surface area contributed by atoms with Crippen LogP contribution < -0.4 is 11.3 Å². The average molecular weight is 282 g/mol. The average Bonchev–Trinajstić information content (AvgIpc) is 2.40.